The van der Waals surface area contributed by atoms with Gasteiger partial charge < -0.3 is 5.32 Å². The quantitative estimate of drug-likeness (QED) is 0.868. The second-order valence-electron chi connectivity index (χ2n) is 4.19. The maximum absolute atomic E-state index is 12.1. The van der Waals surface area contributed by atoms with Crippen LogP contribution in [-0.4, -0.2) is 33.9 Å². The van der Waals surface area contributed by atoms with Crippen molar-refractivity contribution in [2.75, 3.05) is 13.1 Å². The van der Waals surface area contributed by atoms with E-state index in [-0.39, 0.29) is 5.78 Å². The van der Waals surface area contributed by atoms with Crippen LogP contribution < -0.4 is 5.32 Å². The molecule has 0 unspecified atom stereocenters. The molecule has 0 aliphatic carbocycles. The van der Waals surface area contributed by atoms with Gasteiger partial charge >= 0.3 is 0 Å². The van der Waals surface area contributed by atoms with Crippen LogP contribution in [0.15, 0.2) is 22.1 Å². The van der Waals surface area contributed by atoms with Gasteiger partial charge in [0.2, 0.25) is 0 Å². The molecule has 94 valence electrons. The lowest BCUT2D eigenvalue weighted by molar-refractivity contribution is 0.0989. The fourth-order valence-electron chi connectivity index (χ4n) is 1.73. The largest absolute Gasteiger partial charge is 0.312 e. The van der Waals surface area contributed by atoms with E-state index in [9.17, 15) is 4.79 Å². The van der Waals surface area contributed by atoms with Crippen molar-refractivity contribution >= 4 is 33.0 Å². The number of carbonyl (C=O) groups excluding carboxylic acids is 1. The Morgan fingerprint density at radius 2 is 2.44 bits per heavy atom. The molecule has 5 nitrogen and oxygen atoms in total. The second-order valence-corrected chi connectivity index (χ2v) is 6.04. The molecule has 0 radical (unpaired) electrons. The summed E-state index contributed by atoms with van der Waals surface area (Å²) in [5.41, 5.74) is 0.446. The summed E-state index contributed by atoms with van der Waals surface area (Å²) < 4.78 is 2.75. The third-order valence-corrected chi connectivity index (χ3v) is 4.87. The number of rotatable bonds is 4. The van der Waals surface area contributed by atoms with Gasteiger partial charge in [-0.15, -0.1) is 16.4 Å². The number of hydrogen-bond acceptors (Lipinski definition) is 5. The Hall–Kier alpha value is -1.05. The number of halogens is 1. The minimum atomic E-state index is 0.0108. The summed E-state index contributed by atoms with van der Waals surface area (Å²) in [5, 5.41) is 13.1. The Labute approximate surface area is 116 Å². The molecule has 0 bridgehead atoms. The van der Waals surface area contributed by atoms with Gasteiger partial charge in [-0.2, -0.15) is 0 Å². The van der Waals surface area contributed by atoms with Gasteiger partial charge in [0, 0.05) is 28.9 Å². The average Bonchev–Trinajstić information content (AvgIpc) is 2.87. The molecule has 1 fully saturated rings. The first kappa shape index (κ1) is 12.0. The Balaban J connectivity index is 1.72. The molecule has 0 atom stereocenters. The second kappa shape index (κ2) is 4.91. The van der Waals surface area contributed by atoms with Crippen LogP contribution in [0.2, 0.25) is 0 Å². The summed E-state index contributed by atoms with van der Waals surface area (Å²) in [4.78, 5) is 13.1. The fraction of sp³-hybridized carbons (Fsp3) is 0.364. The first-order valence-electron chi connectivity index (χ1n) is 5.61. The van der Waals surface area contributed by atoms with E-state index >= 15 is 0 Å². The van der Waals surface area contributed by atoms with Crippen LogP contribution in [-0.2, 0) is 6.42 Å². The highest BCUT2D eigenvalue weighted by molar-refractivity contribution is 9.10. The zero-order chi connectivity index (χ0) is 12.5. The molecule has 1 saturated heterocycles. The molecule has 3 rings (SSSR count). The van der Waals surface area contributed by atoms with Crippen LogP contribution >= 0.6 is 27.3 Å². The first-order valence-corrected chi connectivity index (χ1v) is 7.29. The number of Topliss-reactive ketones (excluding diaryl/α,β-unsaturated/α-hetero) is 1. The highest BCUT2D eigenvalue weighted by atomic mass is 79.9. The smallest absolute Gasteiger partial charge is 0.189 e. The molecular formula is C11H11BrN4OS. The van der Waals surface area contributed by atoms with E-state index < -0.39 is 0 Å². The minimum absolute atomic E-state index is 0.0108. The lowest BCUT2D eigenvalue weighted by Gasteiger charge is -2.26. The van der Waals surface area contributed by atoms with Gasteiger partial charge in [-0.1, -0.05) is 5.21 Å². The maximum atomic E-state index is 12.1. The lowest BCUT2D eigenvalue weighted by Crippen LogP contribution is -2.43. The van der Waals surface area contributed by atoms with Gasteiger partial charge in [0.25, 0.3) is 0 Å². The van der Waals surface area contributed by atoms with Crippen molar-refractivity contribution in [3.8, 4) is 0 Å². The van der Waals surface area contributed by atoms with Crippen LogP contribution in [0.1, 0.15) is 21.4 Å². The van der Waals surface area contributed by atoms with Crippen molar-refractivity contribution in [3.05, 3.63) is 32.7 Å². The van der Waals surface area contributed by atoms with Gasteiger partial charge in [-0.05, 0) is 27.4 Å². The van der Waals surface area contributed by atoms with Gasteiger partial charge in [0.05, 0.1) is 12.2 Å². The number of aromatic nitrogens is 3. The molecule has 0 amide bonds. The first-order chi connectivity index (χ1) is 8.74. The zero-order valence-corrected chi connectivity index (χ0v) is 11.9. The van der Waals surface area contributed by atoms with Crippen LogP contribution in [0, 0.1) is 0 Å². The van der Waals surface area contributed by atoms with Crippen LogP contribution in [0.4, 0.5) is 0 Å². The van der Waals surface area contributed by atoms with Crippen molar-refractivity contribution in [1.29, 1.82) is 0 Å². The summed E-state index contributed by atoms with van der Waals surface area (Å²) in [6.45, 7) is 1.79. The average molecular weight is 327 g/mol. The number of carbonyl (C=O) groups is 1. The summed E-state index contributed by atoms with van der Waals surface area (Å²) in [6, 6.07) is 2.29. The molecule has 2 aromatic heterocycles. The normalized spacial score (nSPS) is 15.6. The van der Waals surface area contributed by atoms with Gasteiger partial charge in [0.15, 0.2) is 5.78 Å². The highest BCUT2D eigenvalue weighted by Gasteiger charge is 2.22. The SMILES string of the molecule is O=C(Cc1sccc1Br)c1cn(C2CNC2)nn1. The van der Waals surface area contributed by atoms with Crippen LogP contribution in [0.3, 0.4) is 0 Å². The van der Waals surface area contributed by atoms with E-state index in [4.69, 9.17) is 0 Å². The van der Waals surface area contributed by atoms with Crippen molar-refractivity contribution < 1.29 is 4.79 Å². The number of nitrogens with one attached hydrogen (secondary N) is 1. The van der Waals surface area contributed by atoms with E-state index in [0.29, 0.717) is 18.2 Å². The van der Waals surface area contributed by atoms with Gasteiger partial charge in [-0.3, -0.25) is 4.79 Å². The highest BCUT2D eigenvalue weighted by Crippen LogP contribution is 2.24. The molecule has 18 heavy (non-hydrogen) atoms. The third kappa shape index (κ3) is 2.25. The Bertz CT molecular complexity index is 575. The third-order valence-electron chi connectivity index (χ3n) is 2.94. The standard InChI is InChI=1S/C11H11BrN4OS/c12-8-1-2-18-11(8)3-10(17)9-6-16(15-14-9)7-4-13-5-7/h1-2,6-7,13H,3-5H2. The number of hydrogen-bond donors (Lipinski definition) is 1. The predicted octanol–water partition coefficient (Wildman–Crippen LogP) is 1.67. The molecule has 7 heteroatoms. The molecule has 1 aliphatic rings. The summed E-state index contributed by atoms with van der Waals surface area (Å²) in [6.07, 6.45) is 2.12. The molecule has 0 aromatic carbocycles. The molecule has 1 aliphatic heterocycles. The molecule has 0 saturated carbocycles. The summed E-state index contributed by atoms with van der Waals surface area (Å²) in [5.74, 6) is 0.0108. The number of thiophene rings is 1. The van der Waals surface area contributed by atoms with E-state index in [1.165, 1.54) is 0 Å². The summed E-state index contributed by atoms with van der Waals surface area (Å²) in [7, 11) is 0. The summed E-state index contributed by atoms with van der Waals surface area (Å²) >= 11 is 4.99. The van der Waals surface area contributed by atoms with E-state index in [0.717, 1.165) is 22.4 Å². The molecule has 0 spiro atoms. The van der Waals surface area contributed by atoms with Crippen LogP contribution in [0.25, 0.3) is 0 Å². The molecule has 2 aromatic rings. The monoisotopic (exact) mass is 326 g/mol. The number of ketones is 1. The molecule has 3 heterocycles. The van der Waals surface area contributed by atoms with E-state index in [1.54, 1.807) is 22.2 Å². The molecule has 1 N–H and O–H groups in total. The van der Waals surface area contributed by atoms with Crippen LogP contribution in [0.5, 0.6) is 0 Å². The van der Waals surface area contributed by atoms with Crippen molar-refractivity contribution in [3.63, 3.8) is 0 Å². The number of nitrogens with zero attached hydrogens (tertiary/aromatic N) is 3. The van der Waals surface area contributed by atoms with Crippen molar-refractivity contribution in [1.82, 2.24) is 20.3 Å². The lowest BCUT2D eigenvalue weighted by atomic mass is 10.2. The Morgan fingerprint density at radius 1 is 1.61 bits per heavy atom. The van der Waals surface area contributed by atoms with Gasteiger partial charge in [0.1, 0.15) is 5.69 Å². The molecular weight excluding hydrogens is 316 g/mol. The minimum Gasteiger partial charge on any atom is -0.312 e. The van der Waals surface area contributed by atoms with E-state index in [1.807, 2.05) is 11.4 Å². The van der Waals surface area contributed by atoms with E-state index in [2.05, 4.69) is 31.6 Å². The maximum Gasteiger partial charge on any atom is 0.189 e. The fourth-order valence-corrected chi connectivity index (χ4v) is 3.22. The van der Waals surface area contributed by atoms with Crippen molar-refractivity contribution in [2.24, 2.45) is 0 Å². The van der Waals surface area contributed by atoms with Gasteiger partial charge in [-0.25, -0.2) is 4.68 Å². The topological polar surface area (TPSA) is 59.8 Å². The Morgan fingerprint density at radius 3 is 3.06 bits per heavy atom. The zero-order valence-electron chi connectivity index (χ0n) is 9.47. The van der Waals surface area contributed by atoms with Crippen molar-refractivity contribution in [2.45, 2.75) is 12.5 Å². The Kier molecular flexibility index (Phi) is 3.27. The predicted molar refractivity (Wildman–Crippen MR) is 72.0 cm³/mol.